The molecule has 0 fully saturated rings. The van der Waals surface area contributed by atoms with Crippen LogP contribution in [-0.2, 0) is 4.79 Å². The summed E-state index contributed by atoms with van der Waals surface area (Å²) in [6, 6.07) is 0.290. The fraction of sp³-hybridized carbons (Fsp3) is 0.900. The van der Waals surface area contributed by atoms with Crippen LogP contribution in [0.25, 0.3) is 0 Å². The van der Waals surface area contributed by atoms with Crippen LogP contribution in [0, 0.1) is 5.41 Å². The molecule has 0 aromatic rings. The van der Waals surface area contributed by atoms with Gasteiger partial charge in [-0.15, -0.1) is 0 Å². The number of hydrogen-bond acceptors (Lipinski definition) is 2. The van der Waals surface area contributed by atoms with E-state index in [2.05, 4.69) is 6.92 Å². The Hall–Kier alpha value is -0.570. The summed E-state index contributed by atoms with van der Waals surface area (Å²) in [5.74, 6) is 0.129. The highest BCUT2D eigenvalue weighted by molar-refractivity contribution is 5.82. The summed E-state index contributed by atoms with van der Waals surface area (Å²) in [5.41, 5.74) is 5.11. The molecule has 0 spiro atoms. The maximum absolute atomic E-state index is 11.8. The van der Waals surface area contributed by atoms with E-state index in [-0.39, 0.29) is 5.91 Å². The Morgan fingerprint density at radius 2 is 2.00 bits per heavy atom. The number of amides is 1. The molecule has 0 aliphatic carbocycles. The van der Waals surface area contributed by atoms with Gasteiger partial charge in [0.05, 0.1) is 5.41 Å². The number of rotatable bonds is 4. The first-order valence-electron chi connectivity index (χ1n) is 4.84. The average Bonchev–Trinajstić information content (AvgIpc) is 2.14. The number of carbonyl (C=O) groups excluding carboxylic acids is 1. The molecule has 1 atom stereocenters. The molecule has 0 aromatic heterocycles. The minimum Gasteiger partial charge on any atom is -0.343 e. The standard InChI is InChI=1S/C10H22N2O/c1-6-8(2)12(5)9(13)10(3,4)7-11/h8H,6-7,11H2,1-5H3. The van der Waals surface area contributed by atoms with Crippen LogP contribution >= 0.6 is 0 Å². The van der Waals surface area contributed by atoms with Gasteiger partial charge in [0.25, 0.3) is 0 Å². The second-order valence-corrected chi connectivity index (χ2v) is 4.26. The van der Waals surface area contributed by atoms with Gasteiger partial charge in [-0.05, 0) is 27.2 Å². The van der Waals surface area contributed by atoms with E-state index in [1.807, 2.05) is 27.8 Å². The van der Waals surface area contributed by atoms with Crippen LogP contribution in [0.3, 0.4) is 0 Å². The van der Waals surface area contributed by atoms with Crippen molar-refractivity contribution in [2.24, 2.45) is 11.1 Å². The third-order valence-corrected chi connectivity index (χ3v) is 2.66. The van der Waals surface area contributed by atoms with Gasteiger partial charge < -0.3 is 10.6 Å². The molecule has 0 saturated carbocycles. The van der Waals surface area contributed by atoms with Crippen molar-refractivity contribution >= 4 is 5.91 Å². The molecule has 0 aliphatic rings. The zero-order chi connectivity index (χ0) is 10.6. The molecule has 3 nitrogen and oxygen atoms in total. The predicted octanol–water partition coefficient (Wildman–Crippen LogP) is 1.23. The van der Waals surface area contributed by atoms with Crippen molar-refractivity contribution in [2.75, 3.05) is 13.6 Å². The zero-order valence-electron chi connectivity index (χ0n) is 9.42. The van der Waals surface area contributed by atoms with E-state index >= 15 is 0 Å². The van der Waals surface area contributed by atoms with Crippen molar-refractivity contribution in [1.29, 1.82) is 0 Å². The highest BCUT2D eigenvalue weighted by atomic mass is 16.2. The van der Waals surface area contributed by atoms with Gasteiger partial charge in [-0.25, -0.2) is 0 Å². The van der Waals surface area contributed by atoms with E-state index in [9.17, 15) is 4.79 Å². The van der Waals surface area contributed by atoms with Crippen molar-refractivity contribution in [1.82, 2.24) is 4.90 Å². The minimum absolute atomic E-state index is 0.129. The fourth-order valence-electron chi connectivity index (χ4n) is 1.04. The minimum atomic E-state index is -0.432. The third-order valence-electron chi connectivity index (χ3n) is 2.66. The largest absolute Gasteiger partial charge is 0.343 e. The molecule has 0 saturated heterocycles. The monoisotopic (exact) mass is 186 g/mol. The molecule has 1 amide bonds. The molecule has 2 N–H and O–H groups in total. The Morgan fingerprint density at radius 3 is 2.31 bits per heavy atom. The molecule has 0 heterocycles. The zero-order valence-corrected chi connectivity index (χ0v) is 9.42. The average molecular weight is 186 g/mol. The summed E-state index contributed by atoms with van der Waals surface area (Å²) in [4.78, 5) is 13.6. The first-order valence-corrected chi connectivity index (χ1v) is 4.84. The second-order valence-electron chi connectivity index (χ2n) is 4.26. The second kappa shape index (κ2) is 4.61. The van der Waals surface area contributed by atoms with Gasteiger partial charge in [0.1, 0.15) is 0 Å². The number of carbonyl (C=O) groups is 1. The molecule has 1 unspecified atom stereocenters. The van der Waals surface area contributed by atoms with Crippen LogP contribution < -0.4 is 5.73 Å². The van der Waals surface area contributed by atoms with Crippen LogP contribution in [0.4, 0.5) is 0 Å². The highest BCUT2D eigenvalue weighted by Crippen LogP contribution is 2.18. The van der Waals surface area contributed by atoms with Crippen LogP contribution in [0.1, 0.15) is 34.1 Å². The van der Waals surface area contributed by atoms with Crippen LogP contribution in [0.2, 0.25) is 0 Å². The van der Waals surface area contributed by atoms with E-state index in [1.54, 1.807) is 4.90 Å². The lowest BCUT2D eigenvalue weighted by atomic mass is 9.91. The van der Waals surface area contributed by atoms with Crippen LogP contribution in [0.15, 0.2) is 0 Å². The SMILES string of the molecule is CCC(C)N(C)C(=O)C(C)(C)CN. The molecular weight excluding hydrogens is 164 g/mol. The number of nitrogens with zero attached hydrogens (tertiary/aromatic N) is 1. The summed E-state index contributed by atoms with van der Waals surface area (Å²) in [5, 5.41) is 0. The van der Waals surface area contributed by atoms with Gasteiger partial charge in [-0.3, -0.25) is 4.79 Å². The fourth-order valence-corrected chi connectivity index (χ4v) is 1.04. The Morgan fingerprint density at radius 1 is 1.54 bits per heavy atom. The summed E-state index contributed by atoms with van der Waals surface area (Å²) in [6.45, 7) is 8.28. The summed E-state index contributed by atoms with van der Waals surface area (Å²) in [7, 11) is 1.84. The molecule has 0 rings (SSSR count). The normalized spacial score (nSPS) is 14.0. The Bertz CT molecular complexity index is 178. The first kappa shape index (κ1) is 12.4. The van der Waals surface area contributed by atoms with Crippen molar-refractivity contribution in [3.05, 3.63) is 0 Å². The summed E-state index contributed by atoms with van der Waals surface area (Å²) < 4.78 is 0. The molecule has 0 aliphatic heterocycles. The van der Waals surface area contributed by atoms with E-state index in [0.29, 0.717) is 12.6 Å². The van der Waals surface area contributed by atoms with Gasteiger partial charge in [0, 0.05) is 19.6 Å². The Kier molecular flexibility index (Phi) is 4.40. The van der Waals surface area contributed by atoms with Gasteiger partial charge >= 0.3 is 0 Å². The molecule has 78 valence electrons. The van der Waals surface area contributed by atoms with E-state index in [4.69, 9.17) is 5.73 Å². The van der Waals surface area contributed by atoms with Crippen molar-refractivity contribution in [3.8, 4) is 0 Å². The van der Waals surface area contributed by atoms with Crippen LogP contribution in [-0.4, -0.2) is 30.4 Å². The molecule has 0 radical (unpaired) electrons. The van der Waals surface area contributed by atoms with Crippen molar-refractivity contribution in [2.45, 2.75) is 40.2 Å². The third kappa shape index (κ3) is 2.99. The smallest absolute Gasteiger partial charge is 0.229 e. The van der Waals surface area contributed by atoms with E-state index < -0.39 is 5.41 Å². The molecular formula is C10H22N2O. The van der Waals surface area contributed by atoms with Gasteiger partial charge in [0.15, 0.2) is 0 Å². The lowest BCUT2D eigenvalue weighted by Crippen LogP contribution is -2.46. The molecule has 0 aromatic carbocycles. The maximum Gasteiger partial charge on any atom is 0.229 e. The molecule has 0 bridgehead atoms. The lowest BCUT2D eigenvalue weighted by Gasteiger charge is -2.32. The first-order chi connectivity index (χ1) is 5.86. The van der Waals surface area contributed by atoms with Gasteiger partial charge in [0.2, 0.25) is 5.91 Å². The predicted molar refractivity (Wildman–Crippen MR) is 55.4 cm³/mol. The van der Waals surface area contributed by atoms with Crippen molar-refractivity contribution in [3.63, 3.8) is 0 Å². The van der Waals surface area contributed by atoms with E-state index in [0.717, 1.165) is 6.42 Å². The summed E-state index contributed by atoms with van der Waals surface area (Å²) >= 11 is 0. The highest BCUT2D eigenvalue weighted by Gasteiger charge is 2.30. The molecule has 13 heavy (non-hydrogen) atoms. The Labute approximate surface area is 81.3 Å². The van der Waals surface area contributed by atoms with Gasteiger partial charge in [-0.2, -0.15) is 0 Å². The maximum atomic E-state index is 11.8. The quantitative estimate of drug-likeness (QED) is 0.717. The topological polar surface area (TPSA) is 46.3 Å². The summed E-state index contributed by atoms with van der Waals surface area (Å²) in [6.07, 6.45) is 0.975. The van der Waals surface area contributed by atoms with E-state index in [1.165, 1.54) is 0 Å². The van der Waals surface area contributed by atoms with Crippen LogP contribution in [0.5, 0.6) is 0 Å². The van der Waals surface area contributed by atoms with Crippen molar-refractivity contribution < 1.29 is 4.79 Å². The Balaban J connectivity index is 4.42. The molecule has 3 heteroatoms. The number of hydrogen-bond donors (Lipinski definition) is 1. The van der Waals surface area contributed by atoms with Gasteiger partial charge in [-0.1, -0.05) is 6.92 Å². The number of nitrogens with two attached hydrogens (primary N) is 1. The lowest BCUT2D eigenvalue weighted by molar-refractivity contribution is -0.140.